The molecule has 0 bridgehead atoms. The average molecular weight is 395 g/mol. The van der Waals surface area contributed by atoms with Crippen molar-refractivity contribution in [2.24, 2.45) is 0 Å². The molecule has 0 atom stereocenters. The Morgan fingerprint density at radius 3 is 2.64 bits per heavy atom. The topological polar surface area (TPSA) is 98.3 Å². The highest BCUT2D eigenvalue weighted by atomic mass is 19.3. The van der Waals surface area contributed by atoms with Gasteiger partial charge in [-0.2, -0.15) is 8.78 Å². The van der Waals surface area contributed by atoms with Crippen LogP contribution in [0.15, 0.2) is 18.3 Å². The molecule has 1 amide bonds. The standard InChI is InChI=1S/C18H23F2N5O3/c1-5-28-13-10-21-14(24-16(26)6-7-27-4)9-12(13)23-15-8-11(2)22-17(25-15)18(3,19)20/h8-10H,5-7H2,1-4H3,(H2,21,22,23,24,25,26). The van der Waals surface area contributed by atoms with E-state index in [1.807, 2.05) is 0 Å². The van der Waals surface area contributed by atoms with Crippen molar-refractivity contribution in [1.82, 2.24) is 15.0 Å². The smallest absolute Gasteiger partial charge is 0.303 e. The summed E-state index contributed by atoms with van der Waals surface area (Å²) in [6.45, 7) is 4.78. The van der Waals surface area contributed by atoms with Crippen LogP contribution in [-0.2, 0) is 15.5 Å². The van der Waals surface area contributed by atoms with Gasteiger partial charge in [0.25, 0.3) is 0 Å². The number of nitrogens with zero attached hydrogens (tertiary/aromatic N) is 3. The van der Waals surface area contributed by atoms with Crippen LogP contribution in [0.3, 0.4) is 0 Å². The number of carbonyl (C=O) groups excluding carboxylic acids is 1. The van der Waals surface area contributed by atoms with Gasteiger partial charge in [0, 0.05) is 31.9 Å². The molecule has 8 nitrogen and oxygen atoms in total. The largest absolute Gasteiger partial charge is 0.490 e. The maximum absolute atomic E-state index is 13.6. The van der Waals surface area contributed by atoms with Gasteiger partial charge in [0.2, 0.25) is 11.7 Å². The highest BCUT2D eigenvalue weighted by Crippen LogP contribution is 2.30. The second-order valence-electron chi connectivity index (χ2n) is 6.02. The number of methoxy groups -OCH3 is 1. The number of pyridine rings is 1. The molecule has 0 spiro atoms. The number of ether oxygens (including phenoxy) is 2. The highest BCUT2D eigenvalue weighted by molar-refractivity contribution is 5.90. The van der Waals surface area contributed by atoms with E-state index in [-0.39, 0.29) is 30.6 Å². The number of hydrogen-bond acceptors (Lipinski definition) is 7. The summed E-state index contributed by atoms with van der Waals surface area (Å²) in [5.74, 6) is -3.19. The summed E-state index contributed by atoms with van der Waals surface area (Å²) in [5, 5.41) is 5.58. The van der Waals surface area contributed by atoms with E-state index >= 15 is 0 Å². The quantitative estimate of drug-likeness (QED) is 0.671. The third kappa shape index (κ3) is 6.08. The van der Waals surface area contributed by atoms with E-state index in [0.29, 0.717) is 23.7 Å². The molecule has 0 radical (unpaired) electrons. The lowest BCUT2D eigenvalue weighted by Crippen LogP contribution is -2.15. The van der Waals surface area contributed by atoms with E-state index in [2.05, 4.69) is 25.6 Å². The molecule has 2 aromatic heterocycles. The maximum Gasteiger partial charge on any atom is 0.303 e. The summed E-state index contributed by atoms with van der Waals surface area (Å²) in [4.78, 5) is 23.7. The first-order valence-electron chi connectivity index (χ1n) is 8.65. The van der Waals surface area contributed by atoms with Gasteiger partial charge in [0.05, 0.1) is 31.5 Å². The molecular formula is C18H23F2N5O3. The second-order valence-corrected chi connectivity index (χ2v) is 6.02. The number of halogens is 2. The van der Waals surface area contributed by atoms with Gasteiger partial charge >= 0.3 is 5.92 Å². The molecule has 2 aromatic rings. The fraction of sp³-hybridized carbons (Fsp3) is 0.444. The van der Waals surface area contributed by atoms with Crippen molar-refractivity contribution < 1.29 is 23.0 Å². The molecule has 152 valence electrons. The van der Waals surface area contributed by atoms with Crippen molar-refractivity contribution in [1.29, 1.82) is 0 Å². The molecule has 2 rings (SSSR count). The van der Waals surface area contributed by atoms with Crippen LogP contribution in [0, 0.1) is 6.92 Å². The minimum Gasteiger partial charge on any atom is -0.490 e. The third-order valence-electron chi connectivity index (χ3n) is 3.48. The van der Waals surface area contributed by atoms with Gasteiger partial charge in [-0.15, -0.1) is 0 Å². The number of aromatic nitrogens is 3. The van der Waals surface area contributed by atoms with E-state index < -0.39 is 11.7 Å². The van der Waals surface area contributed by atoms with Crippen molar-refractivity contribution >= 4 is 23.2 Å². The Bertz CT molecular complexity index is 827. The Hall–Kier alpha value is -2.88. The average Bonchev–Trinajstić information content (AvgIpc) is 2.61. The van der Waals surface area contributed by atoms with E-state index in [1.54, 1.807) is 13.8 Å². The zero-order valence-corrected chi connectivity index (χ0v) is 16.2. The summed E-state index contributed by atoms with van der Waals surface area (Å²) in [6, 6.07) is 3.07. The van der Waals surface area contributed by atoms with E-state index in [0.717, 1.165) is 6.92 Å². The Balaban J connectivity index is 2.31. The zero-order chi connectivity index (χ0) is 20.7. The molecule has 2 heterocycles. The van der Waals surface area contributed by atoms with Gasteiger partial charge in [0.15, 0.2) is 5.75 Å². The van der Waals surface area contributed by atoms with Gasteiger partial charge in [-0.05, 0) is 13.8 Å². The first-order chi connectivity index (χ1) is 13.2. The molecule has 0 aliphatic carbocycles. The Kier molecular flexibility index (Phi) is 7.16. The monoisotopic (exact) mass is 395 g/mol. The summed E-state index contributed by atoms with van der Waals surface area (Å²) >= 11 is 0. The number of alkyl halides is 2. The molecule has 0 saturated heterocycles. The van der Waals surface area contributed by atoms with E-state index in [9.17, 15) is 13.6 Å². The van der Waals surface area contributed by atoms with Gasteiger partial charge in [-0.1, -0.05) is 0 Å². The Labute approximate surface area is 161 Å². The second kappa shape index (κ2) is 9.36. The van der Waals surface area contributed by atoms with Crippen LogP contribution >= 0.6 is 0 Å². The summed E-state index contributed by atoms with van der Waals surface area (Å²) in [6.07, 6.45) is 1.61. The first kappa shape index (κ1) is 21.4. The van der Waals surface area contributed by atoms with Crippen LogP contribution in [0.5, 0.6) is 5.75 Å². The zero-order valence-electron chi connectivity index (χ0n) is 16.2. The number of nitrogens with one attached hydrogen (secondary N) is 2. The highest BCUT2D eigenvalue weighted by Gasteiger charge is 2.29. The molecule has 2 N–H and O–H groups in total. The van der Waals surface area contributed by atoms with Crippen LogP contribution in [0.4, 0.5) is 26.1 Å². The fourth-order valence-electron chi connectivity index (χ4n) is 2.25. The lowest BCUT2D eigenvalue weighted by Gasteiger charge is -2.15. The lowest BCUT2D eigenvalue weighted by atomic mass is 10.3. The molecule has 0 aliphatic heterocycles. The number of rotatable bonds is 9. The van der Waals surface area contributed by atoms with Crippen molar-refractivity contribution in [3.8, 4) is 5.75 Å². The van der Waals surface area contributed by atoms with E-state index in [4.69, 9.17) is 9.47 Å². The van der Waals surface area contributed by atoms with Gasteiger partial charge in [0.1, 0.15) is 11.6 Å². The van der Waals surface area contributed by atoms with Gasteiger partial charge in [-0.25, -0.2) is 15.0 Å². The van der Waals surface area contributed by atoms with Crippen molar-refractivity contribution in [3.63, 3.8) is 0 Å². The number of carbonyl (C=O) groups is 1. The number of hydrogen-bond donors (Lipinski definition) is 2. The van der Waals surface area contributed by atoms with E-state index in [1.165, 1.54) is 25.4 Å². The van der Waals surface area contributed by atoms with Crippen molar-refractivity contribution in [2.45, 2.75) is 33.1 Å². The molecule has 0 aromatic carbocycles. The molecule has 0 aliphatic rings. The Morgan fingerprint density at radius 2 is 2.00 bits per heavy atom. The van der Waals surface area contributed by atoms with Crippen LogP contribution in [0.1, 0.15) is 31.8 Å². The van der Waals surface area contributed by atoms with Crippen LogP contribution < -0.4 is 15.4 Å². The molecule has 10 heteroatoms. The Morgan fingerprint density at radius 1 is 1.25 bits per heavy atom. The van der Waals surface area contributed by atoms with Crippen molar-refractivity contribution in [2.75, 3.05) is 31.0 Å². The third-order valence-corrected chi connectivity index (χ3v) is 3.48. The predicted octanol–water partition coefficient (Wildman–Crippen LogP) is 3.41. The summed E-state index contributed by atoms with van der Waals surface area (Å²) in [7, 11) is 1.50. The summed E-state index contributed by atoms with van der Waals surface area (Å²) < 4.78 is 37.6. The van der Waals surface area contributed by atoms with Gasteiger partial charge in [-0.3, -0.25) is 4.79 Å². The number of aryl methyl sites for hydroxylation is 1. The molecule has 0 saturated carbocycles. The first-order valence-corrected chi connectivity index (χ1v) is 8.65. The minimum atomic E-state index is -3.18. The lowest BCUT2D eigenvalue weighted by molar-refractivity contribution is -0.117. The minimum absolute atomic E-state index is 0.174. The molecule has 0 unspecified atom stereocenters. The van der Waals surface area contributed by atoms with Gasteiger partial charge < -0.3 is 20.1 Å². The predicted molar refractivity (Wildman–Crippen MR) is 100 cm³/mol. The van der Waals surface area contributed by atoms with Crippen LogP contribution in [0.2, 0.25) is 0 Å². The fourth-order valence-corrected chi connectivity index (χ4v) is 2.25. The van der Waals surface area contributed by atoms with Crippen LogP contribution in [-0.4, -0.2) is 41.2 Å². The molecular weight excluding hydrogens is 372 g/mol. The van der Waals surface area contributed by atoms with Crippen LogP contribution in [0.25, 0.3) is 0 Å². The van der Waals surface area contributed by atoms with Crippen molar-refractivity contribution in [3.05, 3.63) is 29.8 Å². The number of anilines is 3. The molecule has 28 heavy (non-hydrogen) atoms. The maximum atomic E-state index is 13.6. The summed E-state index contributed by atoms with van der Waals surface area (Å²) in [5.41, 5.74) is 0.802. The molecule has 0 fully saturated rings. The SMILES string of the molecule is CCOc1cnc(NC(=O)CCOC)cc1Nc1cc(C)nc(C(C)(F)F)n1. The number of amides is 1. The normalized spacial score (nSPS) is 11.2.